The number of hydrogen-bond acceptors (Lipinski definition) is 2. The molecule has 0 saturated carbocycles. The summed E-state index contributed by atoms with van der Waals surface area (Å²) in [5.74, 6) is -0.258. The highest BCUT2D eigenvalue weighted by Crippen LogP contribution is 2.37. The van der Waals surface area contributed by atoms with Crippen LogP contribution < -0.4 is 10.6 Å². The van der Waals surface area contributed by atoms with Crippen molar-refractivity contribution < 1.29 is 4.39 Å². The molecule has 1 heterocycles. The van der Waals surface area contributed by atoms with Gasteiger partial charge in [0.1, 0.15) is 11.5 Å². The van der Waals surface area contributed by atoms with Crippen LogP contribution in [0.3, 0.4) is 0 Å². The zero-order chi connectivity index (χ0) is 12.5. The molecule has 0 saturated heterocycles. The van der Waals surface area contributed by atoms with Gasteiger partial charge in [0, 0.05) is 12.2 Å². The summed E-state index contributed by atoms with van der Waals surface area (Å²) in [6, 6.07) is 13.0. The van der Waals surface area contributed by atoms with E-state index in [0.717, 1.165) is 25.1 Å². The average molecular weight is 242 g/mol. The smallest absolute Gasteiger partial charge is 0.148 e. The van der Waals surface area contributed by atoms with Crippen LogP contribution in [-0.4, -0.2) is 6.54 Å². The predicted molar refractivity (Wildman–Crippen MR) is 72.6 cm³/mol. The molecule has 2 N–H and O–H groups in total. The third-order valence-electron chi connectivity index (χ3n) is 3.40. The van der Waals surface area contributed by atoms with Crippen molar-refractivity contribution in [2.45, 2.75) is 12.8 Å². The third-order valence-corrected chi connectivity index (χ3v) is 3.40. The van der Waals surface area contributed by atoms with Crippen LogP contribution in [0.5, 0.6) is 0 Å². The van der Waals surface area contributed by atoms with Gasteiger partial charge in [0.05, 0.1) is 5.69 Å². The van der Waals surface area contributed by atoms with Crippen molar-refractivity contribution in [3.05, 3.63) is 53.8 Å². The highest BCUT2D eigenvalue weighted by molar-refractivity contribution is 5.77. The van der Waals surface area contributed by atoms with Gasteiger partial charge in [0.25, 0.3) is 0 Å². The summed E-state index contributed by atoms with van der Waals surface area (Å²) in [5.41, 5.74) is 9.25. The molecule has 1 aliphatic rings. The van der Waals surface area contributed by atoms with Crippen molar-refractivity contribution in [1.29, 1.82) is 0 Å². The van der Waals surface area contributed by atoms with Gasteiger partial charge in [-0.05, 0) is 36.6 Å². The summed E-state index contributed by atoms with van der Waals surface area (Å²) in [6.07, 6.45) is 2.06. The number of hydrogen-bond donors (Lipinski definition) is 1. The molecular formula is C15H15FN2. The van der Waals surface area contributed by atoms with E-state index in [0.29, 0.717) is 11.4 Å². The number of nitrogen functional groups attached to an aromatic ring is 1. The molecule has 18 heavy (non-hydrogen) atoms. The zero-order valence-corrected chi connectivity index (χ0v) is 10.1. The molecule has 0 spiro atoms. The molecule has 0 bridgehead atoms. The van der Waals surface area contributed by atoms with Crippen LogP contribution in [0.15, 0.2) is 42.5 Å². The van der Waals surface area contributed by atoms with Crippen LogP contribution >= 0.6 is 0 Å². The lowest BCUT2D eigenvalue weighted by Crippen LogP contribution is -2.26. The topological polar surface area (TPSA) is 29.3 Å². The number of fused-ring (bicyclic) bond motifs is 1. The molecule has 0 radical (unpaired) electrons. The minimum atomic E-state index is -0.258. The van der Waals surface area contributed by atoms with E-state index in [9.17, 15) is 4.39 Å². The largest absolute Gasteiger partial charge is 0.397 e. The summed E-state index contributed by atoms with van der Waals surface area (Å²) >= 11 is 0. The molecule has 0 atom stereocenters. The first kappa shape index (κ1) is 11.1. The molecule has 0 fully saturated rings. The Labute approximate surface area is 106 Å². The Morgan fingerprint density at radius 1 is 1.06 bits per heavy atom. The van der Waals surface area contributed by atoms with E-state index in [2.05, 4.69) is 6.07 Å². The minimum Gasteiger partial charge on any atom is -0.397 e. The van der Waals surface area contributed by atoms with Crippen molar-refractivity contribution in [2.75, 3.05) is 17.2 Å². The fourth-order valence-electron chi connectivity index (χ4n) is 2.58. The van der Waals surface area contributed by atoms with E-state index < -0.39 is 0 Å². The van der Waals surface area contributed by atoms with Crippen LogP contribution in [0.4, 0.5) is 21.5 Å². The second-order valence-electron chi connectivity index (χ2n) is 4.56. The Kier molecular flexibility index (Phi) is 2.67. The van der Waals surface area contributed by atoms with Crippen molar-refractivity contribution in [3.8, 4) is 0 Å². The molecule has 0 aliphatic carbocycles. The highest BCUT2D eigenvalue weighted by atomic mass is 19.1. The number of nitrogens with zero attached hydrogens (tertiary/aromatic N) is 1. The van der Waals surface area contributed by atoms with Crippen LogP contribution in [0.1, 0.15) is 12.0 Å². The van der Waals surface area contributed by atoms with Gasteiger partial charge in [-0.1, -0.05) is 24.3 Å². The van der Waals surface area contributed by atoms with E-state index in [1.54, 1.807) is 12.1 Å². The van der Waals surface area contributed by atoms with Gasteiger partial charge in [-0.25, -0.2) is 4.39 Å². The summed E-state index contributed by atoms with van der Waals surface area (Å²) in [7, 11) is 0. The second kappa shape index (κ2) is 4.33. The number of nitrogens with two attached hydrogens (primary N) is 1. The van der Waals surface area contributed by atoms with E-state index >= 15 is 0 Å². The van der Waals surface area contributed by atoms with Crippen molar-refractivity contribution >= 4 is 17.1 Å². The Balaban J connectivity index is 2.14. The van der Waals surface area contributed by atoms with Crippen molar-refractivity contribution in [1.82, 2.24) is 0 Å². The summed E-state index contributed by atoms with van der Waals surface area (Å²) < 4.78 is 14.0. The molecule has 2 aromatic carbocycles. The fourth-order valence-corrected chi connectivity index (χ4v) is 2.58. The average Bonchev–Trinajstić information content (AvgIpc) is 2.39. The molecule has 0 unspecified atom stereocenters. The minimum absolute atomic E-state index is 0.258. The molecule has 0 aromatic heterocycles. The maximum absolute atomic E-state index is 14.0. The van der Waals surface area contributed by atoms with Gasteiger partial charge in [0.2, 0.25) is 0 Å². The Hall–Kier alpha value is -2.03. The van der Waals surface area contributed by atoms with Crippen molar-refractivity contribution in [2.24, 2.45) is 0 Å². The van der Waals surface area contributed by atoms with Crippen LogP contribution in [-0.2, 0) is 6.42 Å². The van der Waals surface area contributed by atoms with Gasteiger partial charge >= 0.3 is 0 Å². The Bertz CT molecular complexity index is 560. The molecule has 2 nitrogen and oxygen atoms in total. The molecule has 1 aliphatic heterocycles. The van der Waals surface area contributed by atoms with Gasteiger partial charge in [-0.3, -0.25) is 0 Å². The van der Waals surface area contributed by atoms with Gasteiger partial charge < -0.3 is 10.6 Å². The standard InChI is InChI=1S/C15H15FN2/c16-12-7-3-8-13(17)15(12)18-10-4-6-11-5-1-2-9-14(11)18/h1-3,5,7-9H,4,6,10,17H2. The number of halogens is 1. The normalized spacial score (nSPS) is 14.4. The van der Waals surface area contributed by atoms with Gasteiger partial charge in [0.15, 0.2) is 0 Å². The summed E-state index contributed by atoms with van der Waals surface area (Å²) in [4.78, 5) is 1.99. The maximum Gasteiger partial charge on any atom is 0.148 e. The number of rotatable bonds is 1. The SMILES string of the molecule is Nc1cccc(F)c1N1CCCc2ccccc21. The third kappa shape index (κ3) is 1.72. The second-order valence-corrected chi connectivity index (χ2v) is 4.56. The maximum atomic E-state index is 14.0. The highest BCUT2D eigenvalue weighted by Gasteiger charge is 2.21. The monoisotopic (exact) mass is 242 g/mol. The number of aryl methyl sites for hydroxylation is 1. The molecule has 92 valence electrons. The van der Waals surface area contributed by atoms with E-state index in [4.69, 9.17) is 5.73 Å². The molecule has 2 aromatic rings. The first-order valence-corrected chi connectivity index (χ1v) is 6.17. The van der Waals surface area contributed by atoms with Crippen LogP contribution in [0.25, 0.3) is 0 Å². The predicted octanol–water partition coefficient (Wildman–Crippen LogP) is 3.49. The van der Waals surface area contributed by atoms with E-state index in [1.807, 2.05) is 23.1 Å². The number of anilines is 3. The summed E-state index contributed by atoms with van der Waals surface area (Å²) in [5, 5.41) is 0. The first-order chi connectivity index (χ1) is 8.77. The van der Waals surface area contributed by atoms with Crippen molar-refractivity contribution in [3.63, 3.8) is 0 Å². The number of para-hydroxylation sites is 2. The van der Waals surface area contributed by atoms with Crippen LogP contribution in [0, 0.1) is 5.82 Å². The van der Waals surface area contributed by atoms with Gasteiger partial charge in [-0.2, -0.15) is 0 Å². The first-order valence-electron chi connectivity index (χ1n) is 6.17. The van der Waals surface area contributed by atoms with Crippen LogP contribution in [0.2, 0.25) is 0 Å². The Morgan fingerprint density at radius 3 is 2.72 bits per heavy atom. The zero-order valence-electron chi connectivity index (χ0n) is 10.1. The lowest BCUT2D eigenvalue weighted by molar-refractivity contribution is 0.621. The summed E-state index contributed by atoms with van der Waals surface area (Å²) in [6.45, 7) is 0.808. The molecule has 0 amide bonds. The lowest BCUT2D eigenvalue weighted by atomic mass is 10.0. The quantitative estimate of drug-likeness (QED) is 0.775. The number of benzene rings is 2. The molecule has 3 heteroatoms. The Morgan fingerprint density at radius 2 is 1.89 bits per heavy atom. The molecule has 3 rings (SSSR count). The van der Waals surface area contributed by atoms with E-state index in [1.165, 1.54) is 11.6 Å². The fraction of sp³-hybridized carbons (Fsp3) is 0.200. The van der Waals surface area contributed by atoms with E-state index in [-0.39, 0.29) is 5.82 Å². The lowest BCUT2D eigenvalue weighted by Gasteiger charge is -2.32. The van der Waals surface area contributed by atoms with Gasteiger partial charge in [-0.15, -0.1) is 0 Å². The molecular weight excluding hydrogens is 227 g/mol.